The molecule has 0 radical (unpaired) electrons. The third-order valence-corrected chi connectivity index (χ3v) is 5.41. The van der Waals surface area contributed by atoms with Crippen LogP contribution in [0, 0.1) is 0 Å². The molecule has 0 heterocycles. The minimum Gasteiger partial charge on any atom is -0.504 e. The summed E-state index contributed by atoms with van der Waals surface area (Å²) in [7, 11) is 7.44. The molecular formula is C28H29NO8. The molecule has 3 aromatic carbocycles. The highest BCUT2D eigenvalue weighted by Gasteiger charge is 2.15. The third-order valence-electron chi connectivity index (χ3n) is 5.41. The zero-order valence-electron chi connectivity index (χ0n) is 21.2. The second kappa shape index (κ2) is 12.3. The van der Waals surface area contributed by atoms with Gasteiger partial charge < -0.3 is 39.2 Å². The topological polar surface area (TPSA) is 116 Å². The van der Waals surface area contributed by atoms with Gasteiger partial charge in [-0.1, -0.05) is 18.2 Å². The van der Waals surface area contributed by atoms with Gasteiger partial charge >= 0.3 is 0 Å². The maximum atomic E-state index is 12.7. The molecule has 3 N–H and O–H groups in total. The van der Waals surface area contributed by atoms with Crippen LogP contribution in [0.5, 0.6) is 40.2 Å². The van der Waals surface area contributed by atoms with E-state index in [1.807, 2.05) is 0 Å². The van der Waals surface area contributed by atoms with Crippen LogP contribution in [-0.4, -0.2) is 51.7 Å². The summed E-state index contributed by atoms with van der Waals surface area (Å²) in [6.45, 7) is 0. The molecule has 0 bridgehead atoms. The van der Waals surface area contributed by atoms with E-state index >= 15 is 0 Å². The number of hydrogen-bond donors (Lipinski definition) is 3. The fraction of sp³-hybridized carbons (Fsp3) is 0.179. The lowest BCUT2D eigenvalue weighted by Crippen LogP contribution is -2.09. The highest BCUT2D eigenvalue weighted by molar-refractivity contribution is 6.04. The Balaban J connectivity index is 1.92. The molecule has 194 valence electrons. The first-order valence-corrected chi connectivity index (χ1v) is 11.1. The van der Waals surface area contributed by atoms with E-state index in [-0.39, 0.29) is 28.7 Å². The van der Waals surface area contributed by atoms with E-state index in [9.17, 15) is 15.0 Å². The standard InChI is InChI=1S/C28H29NO8/c1-33-21-12-10-19(9-6-18-15-23(35-3)28(37-5)24(16-18)36-4)26(27(21)32)29-25(31)13-8-17-7-11-20(30)22(14-17)34-2/h6-16,30,32H,1-5H3,(H,29,31)/b9-6-,13-8+. The predicted octanol–water partition coefficient (Wildman–Crippen LogP) is 4.96. The van der Waals surface area contributed by atoms with Gasteiger partial charge in [0, 0.05) is 11.6 Å². The summed E-state index contributed by atoms with van der Waals surface area (Å²) in [6.07, 6.45) is 6.36. The van der Waals surface area contributed by atoms with Crippen LogP contribution in [0.1, 0.15) is 16.7 Å². The minimum atomic E-state index is -0.488. The number of phenols is 2. The highest BCUT2D eigenvalue weighted by Crippen LogP contribution is 2.40. The van der Waals surface area contributed by atoms with E-state index in [4.69, 9.17) is 23.7 Å². The third kappa shape index (κ3) is 6.26. The van der Waals surface area contributed by atoms with Crippen LogP contribution < -0.4 is 29.0 Å². The lowest BCUT2D eigenvalue weighted by atomic mass is 10.1. The second-order valence-electron chi connectivity index (χ2n) is 7.63. The van der Waals surface area contributed by atoms with Gasteiger partial charge in [-0.2, -0.15) is 0 Å². The molecule has 3 rings (SSSR count). The van der Waals surface area contributed by atoms with E-state index in [2.05, 4.69) is 5.32 Å². The molecule has 0 spiro atoms. The monoisotopic (exact) mass is 507 g/mol. The summed E-state index contributed by atoms with van der Waals surface area (Å²) in [5, 5.41) is 23.2. The Labute approximate surface area is 215 Å². The smallest absolute Gasteiger partial charge is 0.248 e. The Hall–Kier alpha value is -4.79. The molecule has 0 aliphatic rings. The minimum absolute atomic E-state index is 0.00562. The van der Waals surface area contributed by atoms with E-state index in [1.54, 1.807) is 54.6 Å². The van der Waals surface area contributed by atoms with Gasteiger partial charge in [0.25, 0.3) is 0 Å². The normalized spacial score (nSPS) is 10.9. The van der Waals surface area contributed by atoms with Crippen LogP contribution in [-0.2, 0) is 4.79 Å². The number of benzene rings is 3. The Bertz CT molecular complexity index is 1300. The van der Waals surface area contributed by atoms with Crippen LogP contribution in [0.3, 0.4) is 0 Å². The maximum Gasteiger partial charge on any atom is 0.248 e. The van der Waals surface area contributed by atoms with Gasteiger partial charge in [-0.3, -0.25) is 4.79 Å². The molecule has 37 heavy (non-hydrogen) atoms. The number of ether oxygens (including phenoxy) is 5. The number of amides is 1. The van der Waals surface area contributed by atoms with Gasteiger partial charge in [0.1, 0.15) is 0 Å². The second-order valence-corrected chi connectivity index (χ2v) is 7.63. The number of carbonyl (C=O) groups is 1. The summed E-state index contributed by atoms with van der Waals surface area (Å²) < 4.78 is 26.5. The highest BCUT2D eigenvalue weighted by atomic mass is 16.5. The van der Waals surface area contributed by atoms with Crippen molar-refractivity contribution in [2.24, 2.45) is 0 Å². The Morgan fingerprint density at radius 2 is 1.32 bits per heavy atom. The van der Waals surface area contributed by atoms with E-state index in [0.717, 1.165) is 5.56 Å². The average Bonchev–Trinajstić information content (AvgIpc) is 2.92. The molecular weight excluding hydrogens is 478 g/mol. The van der Waals surface area contributed by atoms with Crippen LogP contribution in [0.15, 0.2) is 48.5 Å². The summed E-state index contributed by atoms with van der Waals surface area (Å²) in [4.78, 5) is 12.7. The van der Waals surface area contributed by atoms with Crippen molar-refractivity contribution >= 4 is 29.8 Å². The fourth-order valence-electron chi connectivity index (χ4n) is 3.54. The van der Waals surface area contributed by atoms with Crippen molar-refractivity contribution in [1.29, 1.82) is 0 Å². The predicted molar refractivity (Wildman–Crippen MR) is 142 cm³/mol. The number of methoxy groups -OCH3 is 5. The molecule has 9 nitrogen and oxygen atoms in total. The van der Waals surface area contributed by atoms with Gasteiger partial charge in [-0.05, 0) is 53.6 Å². The van der Waals surface area contributed by atoms with E-state index in [0.29, 0.717) is 28.4 Å². The molecule has 0 aliphatic heterocycles. The molecule has 0 unspecified atom stereocenters. The molecule has 0 atom stereocenters. The molecule has 0 saturated carbocycles. The number of anilines is 1. The first-order valence-electron chi connectivity index (χ1n) is 11.1. The number of carbonyl (C=O) groups excluding carboxylic acids is 1. The molecule has 1 amide bonds. The zero-order chi connectivity index (χ0) is 26.9. The number of rotatable bonds is 10. The summed E-state index contributed by atoms with van der Waals surface area (Å²) in [5.74, 6) is 1.22. The fourth-order valence-corrected chi connectivity index (χ4v) is 3.54. The van der Waals surface area contributed by atoms with Crippen molar-refractivity contribution in [3.63, 3.8) is 0 Å². The molecule has 0 fully saturated rings. The Kier molecular flexibility index (Phi) is 8.88. The van der Waals surface area contributed by atoms with Gasteiger partial charge in [0.05, 0.1) is 41.2 Å². The molecule has 0 saturated heterocycles. The van der Waals surface area contributed by atoms with Crippen molar-refractivity contribution in [3.05, 3.63) is 65.2 Å². The number of aromatic hydroxyl groups is 2. The van der Waals surface area contributed by atoms with Crippen LogP contribution in [0.2, 0.25) is 0 Å². The number of hydrogen-bond acceptors (Lipinski definition) is 8. The summed E-state index contributed by atoms with van der Waals surface area (Å²) >= 11 is 0. The SMILES string of the molecule is COc1cc(/C=C/C(=O)Nc2c(/C=C\c3cc(OC)c(OC)c(OC)c3)ccc(OC)c2O)ccc1O. The largest absolute Gasteiger partial charge is 0.504 e. The van der Waals surface area contributed by atoms with E-state index < -0.39 is 5.91 Å². The maximum absolute atomic E-state index is 12.7. The molecule has 3 aromatic rings. The van der Waals surface area contributed by atoms with E-state index in [1.165, 1.54) is 47.7 Å². The summed E-state index contributed by atoms with van der Waals surface area (Å²) in [6, 6.07) is 11.5. The molecule has 9 heteroatoms. The van der Waals surface area contributed by atoms with Gasteiger partial charge in [0.2, 0.25) is 11.7 Å². The Morgan fingerprint density at radius 1 is 0.703 bits per heavy atom. The summed E-state index contributed by atoms with van der Waals surface area (Å²) in [5.41, 5.74) is 2.08. The van der Waals surface area contributed by atoms with Crippen molar-refractivity contribution < 1.29 is 38.7 Å². The van der Waals surface area contributed by atoms with Crippen molar-refractivity contribution in [1.82, 2.24) is 0 Å². The molecule has 0 aliphatic carbocycles. The van der Waals surface area contributed by atoms with Crippen LogP contribution >= 0.6 is 0 Å². The van der Waals surface area contributed by atoms with Crippen molar-refractivity contribution in [2.75, 3.05) is 40.9 Å². The van der Waals surface area contributed by atoms with Crippen LogP contribution in [0.4, 0.5) is 5.69 Å². The molecule has 0 aromatic heterocycles. The quantitative estimate of drug-likeness (QED) is 0.200. The van der Waals surface area contributed by atoms with Gasteiger partial charge in [-0.15, -0.1) is 0 Å². The first kappa shape index (κ1) is 26.8. The zero-order valence-corrected chi connectivity index (χ0v) is 21.2. The van der Waals surface area contributed by atoms with Crippen molar-refractivity contribution in [2.45, 2.75) is 0 Å². The Morgan fingerprint density at radius 3 is 1.92 bits per heavy atom. The number of phenolic OH excluding ortho intramolecular Hbond substituents is 2. The van der Waals surface area contributed by atoms with Crippen LogP contribution in [0.25, 0.3) is 18.2 Å². The van der Waals surface area contributed by atoms with Gasteiger partial charge in [-0.25, -0.2) is 0 Å². The lowest BCUT2D eigenvalue weighted by molar-refractivity contribution is -0.111. The first-order chi connectivity index (χ1) is 17.8. The van der Waals surface area contributed by atoms with Gasteiger partial charge in [0.15, 0.2) is 34.5 Å². The van der Waals surface area contributed by atoms with Crippen molar-refractivity contribution in [3.8, 4) is 40.2 Å². The number of nitrogens with one attached hydrogen (secondary N) is 1. The average molecular weight is 508 g/mol. The lowest BCUT2D eigenvalue weighted by Gasteiger charge is -2.14.